The SMILES string of the molecule is CCOC(=O)CCOc1cccc2c1CCC2=O. The number of hydrogen-bond acceptors (Lipinski definition) is 4. The molecule has 0 bridgehead atoms. The number of Topliss-reactive ketones (excluding diaryl/α,β-unsaturated/α-hetero) is 1. The number of ketones is 1. The van der Waals surface area contributed by atoms with Gasteiger partial charge in [0.1, 0.15) is 5.75 Å². The molecule has 1 aromatic rings. The summed E-state index contributed by atoms with van der Waals surface area (Å²) in [6.45, 7) is 2.44. The van der Waals surface area contributed by atoms with E-state index in [2.05, 4.69) is 0 Å². The first-order chi connectivity index (χ1) is 8.72. The number of esters is 1. The van der Waals surface area contributed by atoms with Crippen molar-refractivity contribution in [2.75, 3.05) is 13.2 Å². The second kappa shape index (κ2) is 5.67. The van der Waals surface area contributed by atoms with E-state index >= 15 is 0 Å². The molecule has 0 unspecified atom stereocenters. The summed E-state index contributed by atoms with van der Waals surface area (Å²) in [6, 6.07) is 5.47. The van der Waals surface area contributed by atoms with Gasteiger partial charge in [-0.3, -0.25) is 9.59 Å². The number of hydrogen-bond donors (Lipinski definition) is 0. The first kappa shape index (κ1) is 12.6. The fraction of sp³-hybridized carbons (Fsp3) is 0.429. The predicted molar refractivity (Wildman–Crippen MR) is 65.8 cm³/mol. The third-order valence-electron chi connectivity index (χ3n) is 2.90. The van der Waals surface area contributed by atoms with Crippen molar-refractivity contribution in [3.63, 3.8) is 0 Å². The Bertz CT molecular complexity index is 465. The van der Waals surface area contributed by atoms with E-state index in [9.17, 15) is 9.59 Å². The van der Waals surface area contributed by atoms with Crippen LogP contribution in [0.5, 0.6) is 5.75 Å². The van der Waals surface area contributed by atoms with E-state index in [0.717, 1.165) is 17.5 Å². The smallest absolute Gasteiger partial charge is 0.309 e. The van der Waals surface area contributed by atoms with Gasteiger partial charge in [0.05, 0.1) is 19.6 Å². The summed E-state index contributed by atoms with van der Waals surface area (Å²) in [7, 11) is 0. The lowest BCUT2D eigenvalue weighted by molar-refractivity contribution is -0.143. The van der Waals surface area contributed by atoms with Crippen molar-refractivity contribution >= 4 is 11.8 Å². The van der Waals surface area contributed by atoms with Gasteiger partial charge in [0.15, 0.2) is 5.78 Å². The van der Waals surface area contributed by atoms with E-state index < -0.39 is 0 Å². The first-order valence-electron chi connectivity index (χ1n) is 6.16. The van der Waals surface area contributed by atoms with Crippen LogP contribution >= 0.6 is 0 Å². The number of ether oxygens (including phenoxy) is 2. The van der Waals surface area contributed by atoms with Crippen LogP contribution in [0.25, 0.3) is 0 Å². The van der Waals surface area contributed by atoms with E-state index in [0.29, 0.717) is 18.8 Å². The van der Waals surface area contributed by atoms with Gasteiger partial charge in [0.25, 0.3) is 0 Å². The fourth-order valence-electron chi connectivity index (χ4n) is 2.07. The number of carbonyl (C=O) groups is 2. The van der Waals surface area contributed by atoms with Crippen molar-refractivity contribution in [2.24, 2.45) is 0 Å². The van der Waals surface area contributed by atoms with Crippen molar-refractivity contribution < 1.29 is 19.1 Å². The largest absolute Gasteiger partial charge is 0.493 e. The van der Waals surface area contributed by atoms with Crippen LogP contribution in [-0.4, -0.2) is 25.0 Å². The van der Waals surface area contributed by atoms with E-state index in [1.165, 1.54) is 0 Å². The summed E-state index contributed by atoms with van der Waals surface area (Å²) < 4.78 is 10.4. The van der Waals surface area contributed by atoms with Crippen LogP contribution in [0.1, 0.15) is 35.7 Å². The van der Waals surface area contributed by atoms with Gasteiger partial charge in [-0.2, -0.15) is 0 Å². The maximum absolute atomic E-state index is 11.6. The molecular weight excluding hydrogens is 232 g/mol. The van der Waals surface area contributed by atoms with E-state index in [-0.39, 0.29) is 24.8 Å². The number of carbonyl (C=O) groups excluding carboxylic acids is 2. The van der Waals surface area contributed by atoms with Gasteiger partial charge >= 0.3 is 5.97 Å². The topological polar surface area (TPSA) is 52.6 Å². The first-order valence-corrected chi connectivity index (χ1v) is 6.16. The molecule has 18 heavy (non-hydrogen) atoms. The van der Waals surface area contributed by atoms with Crippen LogP contribution < -0.4 is 4.74 Å². The maximum atomic E-state index is 11.6. The Morgan fingerprint density at radius 3 is 2.94 bits per heavy atom. The molecule has 0 radical (unpaired) electrons. The van der Waals surface area contributed by atoms with Gasteiger partial charge in [-0.15, -0.1) is 0 Å². The number of rotatable bonds is 5. The molecule has 1 aliphatic carbocycles. The van der Waals surface area contributed by atoms with Crippen LogP contribution in [-0.2, 0) is 16.0 Å². The molecule has 0 N–H and O–H groups in total. The molecule has 0 saturated heterocycles. The molecule has 4 nitrogen and oxygen atoms in total. The summed E-state index contributed by atoms with van der Waals surface area (Å²) in [5, 5.41) is 0. The molecule has 0 aromatic heterocycles. The van der Waals surface area contributed by atoms with Crippen molar-refractivity contribution in [1.29, 1.82) is 0 Å². The molecule has 0 aliphatic heterocycles. The third-order valence-corrected chi connectivity index (χ3v) is 2.90. The highest BCUT2D eigenvalue weighted by molar-refractivity contribution is 6.01. The minimum atomic E-state index is -0.263. The lowest BCUT2D eigenvalue weighted by atomic mass is 10.1. The summed E-state index contributed by atoms with van der Waals surface area (Å²) in [4.78, 5) is 22.7. The number of fused-ring (bicyclic) bond motifs is 1. The maximum Gasteiger partial charge on any atom is 0.309 e. The molecular formula is C14H16O4. The molecule has 0 atom stereocenters. The Morgan fingerprint density at radius 1 is 1.33 bits per heavy atom. The molecule has 0 saturated carbocycles. The van der Waals surface area contributed by atoms with E-state index in [1.54, 1.807) is 6.92 Å². The second-order valence-corrected chi connectivity index (χ2v) is 4.11. The fourth-order valence-corrected chi connectivity index (χ4v) is 2.07. The third kappa shape index (κ3) is 2.70. The highest BCUT2D eigenvalue weighted by Crippen LogP contribution is 2.30. The summed E-state index contributed by atoms with van der Waals surface area (Å²) in [5.74, 6) is 0.615. The average Bonchev–Trinajstić information content (AvgIpc) is 2.73. The highest BCUT2D eigenvalue weighted by Gasteiger charge is 2.22. The number of benzene rings is 1. The lowest BCUT2D eigenvalue weighted by Crippen LogP contribution is -2.10. The van der Waals surface area contributed by atoms with Crippen LogP contribution in [0.3, 0.4) is 0 Å². The van der Waals surface area contributed by atoms with Crippen LogP contribution in [0.4, 0.5) is 0 Å². The quantitative estimate of drug-likeness (QED) is 0.749. The van der Waals surface area contributed by atoms with Crippen LogP contribution in [0.2, 0.25) is 0 Å². The Hall–Kier alpha value is -1.84. The van der Waals surface area contributed by atoms with Crippen LogP contribution in [0, 0.1) is 0 Å². The zero-order valence-corrected chi connectivity index (χ0v) is 10.4. The van der Waals surface area contributed by atoms with Gasteiger partial charge in [-0.05, 0) is 19.4 Å². The highest BCUT2D eigenvalue weighted by atomic mass is 16.5. The minimum Gasteiger partial charge on any atom is -0.493 e. The van der Waals surface area contributed by atoms with Gasteiger partial charge in [-0.25, -0.2) is 0 Å². The Balaban J connectivity index is 1.95. The van der Waals surface area contributed by atoms with Gasteiger partial charge in [0, 0.05) is 17.5 Å². The molecule has 96 valence electrons. The van der Waals surface area contributed by atoms with E-state index in [1.807, 2.05) is 18.2 Å². The summed E-state index contributed by atoms with van der Waals surface area (Å²) in [6.07, 6.45) is 1.50. The normalized spacial score (nSPS) is 13.3. The van der Waals surface area contributed by atoms with Gasteiger partial charge in [0.2, 0.25) is 0 Å². The molecule has 2 rings (SSSR count). The standard InChI is InChI=1S/C14H16O4/c1-2-17-14(16)8-9-18-13-5-3-4-10-11(13)6-7-12(10)15/h3-5H,2,6-9H2,1H3. The van der Waals surface area contributed by atoms with Gasteiger partial charge in [-0.1, -0.05) is 12.1 Å². The van der Waals surface area contributed by atoms with Gasteiger partial charge < -0.3 is 9.47 Å². The second-order valence-electron chi connectivity index (χ2n) is 4.11. The Labute approximate surface area is 106 Å². The summed E-state index contributed by atoms with van der Waals surface area (Å²) in [5.41, 5.74) is 1.72. The molecule has 1 aliphatic rings. The molecule has 0 amide bonds. The zero-order chi connectivity index (χ0) is 13.0. The lowest BCUT2D eigenvalue weighted by Gasteiger charge is -2.09. The average molecular weight is 248 g/mol. The molecule has 0 spiro atoms. The van der Waals surface area contributed by atoms with E-state index in [4.69, 9.17) is 9.47 Å². The molecule has 0 heterocycles. The van der Waals surface area contributed by atoms with Crippen molar-refractivity contribution in [3.05, 3.63) is 29.3 Å². The predicted octanol–water partition coefficient (Wildman–Crippen LogP) is 2.15. The zero-order valence-electron chi connectivity index (χ0n) is 10.4. The van der Waals surface area contributed by atoms with Crippen LogP contribution in [0.15, 0.2) is 18.2 Å². The molecule has 4 heteroatoms. The van der Waals surface area contributed by atoms with Crippen molar-refractivity contribution in [1.82, 2.24) is 0 Å². The summed E-state index contributed by atoms with van der Waals surface area (Å²) >= 11 is 0. The monoisotopic (exact) mass is 248 g/mol. The van der Waals surface area contributed by atoms with Crippen molar-refractivity contribution in [2.45, 2.75) is 26.2 Å². The molecule has 0 fully saturated rings. The minimum absolute atomic E-state index is 0.167. The molecule has 1 aromatic carbocycles. The Kier molecular flexibility index (Phi) is 3.97. The van der Waals surface area contributed by atoms with Crippen molar-refractivity contribution in [3.8, 4) is 5.75 Å². The Morgan fingerprint density at radius 2 is 2.17 bits per heavy atom.